The minimum atomic E-state index is -1.01. The predicted molar refractivity (Wildman–Crippen MR) is 44.0 cm³/mol. The van der Waals surface area contributed by atoms with Crippen LogP contribution in [-0.4, -0.2) is 23.8 Å². The van der Waals surface area contributed by atoms with Gasteiger partial charge in [0.15, 0.2) is 11.5 Å². The lowest BCUT2D eigenvalue weighted by atomic mass is 10.2. The van der Waals surface area contributed by atoms with Crippen LogP contribution >= 0.6 is 0 Å². The maximum absolute atomic E-state index is 10.6. The summed E-state index contributed by atoms with van der Waals surface area (Å²) in [6.07, 6.45) is -0.894. The first-order valence-corrected chi connectivity index (χ1v) is 3.88. The van der Waals surface area contributed by atoms with Crippen molar-refractivity contribution in [3.63, 3.8) is 0 Å². The molecular weight excluding hydrogens is 172 g/mol. The molecule has 1 N–H and O–H groups in total. The lowest BCUT2D eigenvalue weighted by molar-refractivity contribution is -0.147. The van der Waals surface area contributed by atoms with E-state index >= 15 is 0 Å². The molecule has 13 heavy (non-hydrogen) atoms. The van der Waals surface area contributed by atoms with Crippen LogP contribution < -0.4 is 9.47 Å². The molecule has 4 heteroatoms. The molecule has 0 fully saturated rings. The van der Waals surface area contributed by atoms with Gasteiger partial charge in [-0.25, -0.2) is 4.79 Å². The molecule has 1 aliphatic rings. The molecule has 1 aromatic carbocycles. The van der Waals surface area contributed by atoms with E-state index in [4.69, 9.17) is 14.6 Å². The zero-order chi connectivity index (χ0) is 9.26. The van der Waals surface area contributed by atoms with Gasteiger partial charge in [0.05, 0.1) is 0 Å². The summed E-state index contributed by atoms with van der Waals surface area (Å²) < 4.78 is 10.4. The molecule has 0 bridgehead atoms. The summed E-state index contributed by atoms with van der Waals surface area (Å²) >= 11 is 0. The monoisotopic (exact) mass is 180 g/mol. The number of rotatable bonds is 1. The highest BCUT2D eigenvalue weighted by atomic mass is 16.6. The number of hydrogen-bond acceptors (Lipinski definition) is 3. The van der Waals surface area contributed by atoms with Crippen LogP contribution in [0.3, 0.4) is 0 Å². The molecule has 0 amide bonds. The minimum absolute atomic E-state index is 0.0619. The van der Waals surface area contributed by atoms with Crippen molar-refractivity contribution in [2.24, 2.45) is 0 Å². The molecule has 4 nitrogen and oxygen atoms in total. The topological polar surface area (TPSA) is 55.8 Å². The van der Waals surface area contributed by atoms with Crippen LogP contribution in [0.4, 0.5) is 0 Å². The summed E-state index contributed by atoms with van der Waals surface area (Å²) in [5.41, 5.74) is 0. The van der Waals surface area contributed by atoms with E-state index in [1.165, 1.54) is 0 Å². The van der Waals surface area contributed by atoms with Crippen molar-refractivity contribution >= 4 is 5.97 Å². The van der Waals surface area contributed by atoms with Gasteiger partial charge in [-0.15, -0.1) is 0 Å². The number of para-hydroxylation sites is 2. The van der Waals surface area contributed by atoms with Crippen molar-refractivity contribution in [2.45, 2.75) is 6.10 Å². The summed E-state index contributed by atoms with van der Waals surface area (Å²) in [6.45, 7) is 0.0619. The highest BCUT2D eigenvalue weighted by Gasteiger charge is 2.26. The largest absolute Gasteiger partial charge is 0.485 e. The molecule has 0 saturated carbocycles. The van der Waals surface area contributed by atoms with Crippen molar-refractivity contribution in [1.29, 1.82) is 0 Å². The Balaban J connectivity index is 2.24. The first-order valence-electron chi connectivity index (χ1n) is 3.88. The van der Waals surface area contributed by atoms with Crippen molar-refractivity contribution in [2.75, 3.05) is 6.61 Å². The molecule has 0 spiro atoms. The fraction of sp³-hybridized carbons (Fsp3) is 0.222. The number of carboxylic acid groups (broad SMARTS) is 1. The molecule has 0 saturated heterocycles. The van der Waals surface area contributed by atoms with Gasteiger partial charge in [0.1, 0.15) is 6.61 Å². The van der Waals surface area contributed by atoms with E-state index in [9.17, 15) is 4.79 Å². The van der Waals surface area contributed by atoms with Crippen LogP contribution in [0.15, 0.2) is 24.3 Å². The third-order valence-electron chi connectivity index (χ3n) is 1.78. The van der Waals surface area contributed by atoms with Crippen molar-refractivity contribution in [3.05, 3.63) is 24.3 Å². The molecular formula is C9H8O4. The maximum atomic E-state index is 10.6. The third kappa shape index (κ3) is 1.42. The minimum Gasteiger partial charge on any atom is -0.485 e. The summed E-state index contributed by atoms with van der Waals surface area (Å²) in [5, 5.41) is 8.66. The van der Waals surface area contributed by atoms with Crippen LogP contribution in [0.5, 0.6) is 11.5 Å². The first kappa shape index (κ1) is 7.91. The Hall–Kier alpha value is -1.71. The van der Waals surface area contributed by atoms with Gasteiger partial charge >= 0.3 is 5.97 Å². The molecule has 0 aliphatic carbocycles. The number of carbonyl (C=O) groups is 1. The van der Waals surface area contributed by atoms with E-state index in [2.05, 4.69) is 0 Å². The lowest BCUT2D eigenvalue weighted by Crippen LogP contribution is -2.36. The molecule has 1 aromatic rings. The summed E-state index contributed by atoms with van der Waals surface area (Å²) in [7, 11) is 0. The van der Waals surface area contributed by atoms with Gasteiger partial charge in [-0.3, -0.25) is 0 Å². The van der Waals surface area contributed by atoms with E-state index in [1.54, 1.807) is 18.2 Å². The van der Waals surface area contributed by atoms with Crippen LogP contribution in [-0.2, 0) is 4.79 Å². The molecule has 1 aliphatic heterocycles. The van der Waals surface area contributed by atoms with Gasteiger partial charge in [-0.1, -0.05) is 12.1 Å². The van der Waals surface area contributed by atoms with E-state index in [1.807, 2.05) is 6.07 Å². The molecule has 1 atom stereocenters. The number of benzene rings is 1. The number of fused-ring (bicyclic) bond motifs is 1. The second-order valence-electron chi connectivity index (χ2n) is 2.70. The molecule has 2 rings (SSSR count). The Morgan fingerprint density at radius 3 is 2.77 bits per heavy atom. The fourth-order valence-electron chi connectivity index (χ4n) is 1.14. The van der Waals surface area contributed by atoms with Crippen LogP contribution in [0.25, 0.3) is 0 Å². The van der Waals surface area contributed by atoms with E-state index in [0.717, 1.165) is 0 Å². The van der Waals surface area contributed by atoms with Crippen LogP contribution in [0.2, 0.25) is 0 Å². The zero-order valence-electron chi connectivity index (χ0n) is 6.77. The Morgan fingerprint density at radius 2 is 2.08 bits per heavy atom. The Morgan fingerprint density at radius 1 is 1.38 bits per heavy atom. The Labute approximate surface area is 74.7 Å². The summed E-state index contributed by atoms with van der Waals surface area (Å²) in [4.78, 5) is 10.6. The van der Waals surface area contributed by atoms with E-state index < -0.39 is 12.1 Å². The van der Waals surface area contributed by atoms with Crippen LogP contribution in [0, 0.1) is 0 Å². The van der Waals surface area contributed by atoms with E-state index in [0.29, 0.717) is 11.5 Å². The first-order chi connectivity index (χ1) is 6.27. The summed E-state index contributed by atoms with van der Waals surface area (Å²) in [5.74, 6) is 0.0793. The Kier molecular flexibility index (Phi) is 1.81. The van der Waals surface area contributed by atoms with Crippen molar-refractivity contribution < 1.29 is 19.4 Å². The number of hydrogen-bond donors (Lipinski definition) is 1. The quantitative estimate of drug-likeness (QED) is 0.697. The fourth-order valence-corrected chi connectivity index (χ4v) is 1.14. The van der Waals surface area contributed by atoms with E-state index in [-0.39, 0.29) is 6.61 Å². The van der Waals surface area contributed by atoms with Gasteiger partial charge in [-0.2, -0.15) is 0 Å². The zero-order valence-corrected chi connectivity index (χ0v) is 6.77. The van der Waals surface area contributed by atoms with Gasteiger partial charge in [0, 0.05) is 0 Å². The van der Waals surface area contributed by atoms with Gasteiger partial charge in [-0.05, 0) is 12.1 Å². The van der Waals surface area contributed by atoms with Gasteiger partial charge in [0.2, 0.25) is 6.10 Å². The van der Waals surface area contributed by atoms with Crippen LogP contribution in [0.1, 0.15) is 0 Å². The summed E-state index contributed by atoms with van der Waals surface area (Å²) in [6, 6.07) is 7.01. The molecule has 1 heterocycles. The predicted octanol–water partition coefficient (Wildman–Crippen LogP) is 0.911. The highest BCUT2D eigenvalue weighted by Crippen LogP contribution is 2.30. The average Bonchev–Trinajstić information content (AvgIpc) is 2.17. The number of aliphatic carboxylic acids is 1. The smallest absolute Gasteiger partial charge is 0.348 e. The molecule has 0 radical (unpaired) electrons. The Bertz CT molecular complexity index is 334. The second kappa shape index (κ2) is 2.97. The van der Waals surface area contributed by atoms with Gasteiger partial charge < -0.3 is 14.6 Å². The molecule has 0 unspecified atom stereocenters. The van der Waals surface area contributed by atoms with Crippen molar-refractivity contribution in [1.82, 2.24) is 0 Å². The third-order valence-corrected chi connectivity index (χ3v) is 1.78. The number of ether oxygens (including phenoxy) is 2. The van der Waals surface area contributed by atoms with Gasteiger partial charge in [0.25, 0.3) is 0 Å². The highest BCUT2D eigenvalue weighted by molar-refractivity contribution is 5.73. The number of carboxylic acids is 1. The molecule has 0 aromatic heterocycles. The molecule has 68 valence electrons. The maximum Gasteiger partial charge on any atom is 0.348 e. The standard InChI is InChI=1S/C9H8O4/c10-9(11)8-5-12-6-3-1-2-4-7(6)13-8/h1-4,8H,5H2,(H,10,11)/t8-/m1/s1. The van der Waals surface area contributed by atoms with Crippen molar-refractivity contribution in [3.8, 4) is 11.5 Å². The SMILES string of the molecule is O=C(O)[C@H]1COc2ccccc2O1. The normalized spacial score (nSPS) is 19.5. The lowest BCUT2D eigenvalue weighted by Gasteiger charge is -2.23. The second-order valence-corrected chi connectivity index (χ2v) is 2.70. The average molecular weight is 180 g/mol.